The van der Waals surface area contributed by atoms with Crippen molar-refractivity contribution < 1.29 is 19.1 Å². The highest BCUT2D eigenvalue weighted by molar-refractivity contribution is 6.76. The van der Waals surface area contributed by atoms with Crippen molar-refractivity contribution in [3.05, 3.63) is 35.9 Å². The highest BCUT2D eigenvalue weighted by Crippen LogP contribution is 2.09. The Hall–Kier alpha value is -2.06. The Labute approximate surface area is 162 Å². The normalized spacial score (nSPS) is 19.8. The van der Waals surface area contributed by atoms with Crippen LogP contribution in [0.4, 0.5) is 9.59 Å². The summed E-state index contributed by atoms with van der Waals surface area (Å²) < 4.78 is 10.6. The van der Waals surface area contributed by atoms with Crippen LogP contribution in [0.5, 0.6) is 0 Å². The van der Waals surface area contributed by atoms with Crippen molar-refractivity contribution in [2.24, 2.45) is 0 Å². The molecule has 1 heterocycles. The van der Waals surface area contributed by atoms with E-state index in [4.69, 9.17) is 9.47 Å². The van der Waals surface area contributed by atoms with E-state index >= 15 is 0 Å². The maximum Gasteiger partial charge on any atom is 0.407 e. The van der Waals surface area contributed by atoms with E-state index in [0.717, 1.165) is 18.2 Å². The van der Waals surface area contributed by atoms with Crippen LogP contribution in [0.25, 0.3) is 0 Å². The molecule has 1 fully saturated rings. The van der Waals surface area contributed by atoms with Gasteiger partial charge in [0.25, 0.3) is 0 Å². The summed E-state index contributed by atoms with van der Waals surface area (Å²) in [5.74, 6) is 0. The first kappa shape index (κ1) is 21.2. The molecule has 0 aromatic heterocycles. The van der Waals surface area contributed by atoms with Gasteiger partial charge in [-0.05, 0) is 24.6 Å². The summed E-state index contributed by atoms with van der Waals surface area (Å²) in [6, 6.07) is 10.0. The molecule has 0 spiro atoms. The van der Waals surface area contributed by atoms with Crippen molar-refractivity contribution >= 4 is 20.3 Å². The highest BCUT2D eigenvalue weighted by Gasteiger charge is 2.28. The summed E-state index contributed by atoms with van der Waals surface area (Å²) in [4.78, 5) is 24.2. The maximum atomic E-state index is 12.1. The number of carbonyl (C=O) groups is 2. The lowest BCUT2D eigenvalue weighted by Gasteiger charge is -2.32. The van der Waals surface area contributed by atoms with Crippen LogP contribution in [0.2, 0.25) is 25.7 Å². The zero-order valence-corrected chi connectivity index (χ0v) is 17.4. The highest BCUT2D eigenvalue weighted by atomic mass is 28.3. The first-order valence-corrected chi connectivity index (χ1v) is 13.2. The number of hydrogen-bond donors (Lipinski definition) is 3. The van der Waals surface area contributed by atoms with E-state index in [-0.39, 0.29) is 18.7 Å². The van der Waals surface area contributed by atoms with Crippen LogP contribution in [-0.4, -0.2) is 52.0 Å². The fourth-order valence-electron chi connectivity index (χ4n) is 2.74. The van der Waals surface area contributed by atoms with Crippen molar-refractivity contribution in [1.29, 1.82) is 0 Å². The summed E-state index contributed by atoms with van der Waals surface area (Å²) in [5.41, 5.74) is 0.929. The van der Waals surface area contributed by atoms with Gasteiger partial charge >= 0.3 is 12.2 Å². The smallest absolute Gasteiger partial charge is 0.407 e. The molecule has 7 nitrogen and oxygen atoms in total. The van der Waals surface area contributed by atoms with E-state index in [0.29, 0.717) is 19.6 Å². The quantitative estimate of drug-likeness (QED) is 0.620. The molecular weight excluding hydrogens is 362 g/mol. The number of amides is 2. The number of ether oxygens (including phenoxy) is 2. The van der Waals surface area contributed by atoms with Gasteiger partial charge in [0.15, 0.2) is 0 Å². The predicted octanol–water partition coefficient (Wildman–Crippen LogP) is 2.71. The summed E-state index contributed by atoms with van der Waals surface area (Å²) >= 11 is 0. The lowest BCUT2D eigenvalue weighted by atomic mass is 10.0. The second-order valence-electron chi connectivity index (χ2n) is 8.00. The number of benzene rings is 1. The van der Waals surface area contributed by atoms with Gasteiger partial charge in [-0.15, -0.1) is 0 Å². The molecule has 27 heavy (non-hydrogen) atoms. The van der Waals surface area contributed by atoms with E-state index < -0.39 is 20.3 Å². The third-order valence-electron chi connectivity index (χ3n) is 4.39. The third-order valence-corrected chi connectivity index (χ3v) is 6.09. The molecular formula is C19H31N3O4Si. The number of rotatable bonds is 7. The summed E-state index contributed by atoms with van der Waals surface area (Å²) in [5, 5.41) is 8.94. The zero-order valence-electron chi connectivity index (χ0n) is 16.4. The van der Waals surface area contributed by atoms with Gasteiger partial charge in [-0.1, -0.05) is 50.0 Å². The van der Waals surface area contributed by atoms with E-state index in [1.165, 1.54) is 0 Å². The minimum absolute atomic E-state index is 0.195. The average Bonchev–Trinajstić information content (AvgIpc) is 2.61. The summed E-state index contributed by atoms with van der Waals surface area (Å²) in [7, 11) is -1.24. The maximum absolute atomic E-state index is 12.1. The molecule has 1 aromatic carbocycles. The number of piperidine rings is 1. The Morgan fingerprint density at radius 2 is 1.74 bits per heavy atom. The van der Waals surface area contributed by atoms with Crippen LogP contribution in [0.15, 0.2) is 30.3 Å². The van der Waals surface area contributed by atoms with Gasteiger partial charge in [0.2, 0.25) is 0 Å². The van der Waals surface area contributed by atoms with E-state index in [1.54, 1.807) is 0 Å². The van der Waals surface area contributed by atoms with Crippen molar-refractivity contribution in [3.8, 4) is 0 Å². The third kappa shape index (κ3) is 8.44. The second kappa shape index (κ2) is 10.3. The summed E-state index contributed by atoms with van der Waals surface area (Å²) in [6.07, 6.45) is -0.212. The zero-order chi connectivity index (χ0) is 19.7. The summed E-state index contributed by atoms with van der Waals surface area (Å²) in [6.45, 7) is 8.70. The van der Waals surface area contributed by atoms with Crippen LogP contribution < -0.4 is 16.0 Å². The standard InChI is InChI=1S/C19H31N3O4Si/c1-27(2,3)12-11-25-18(23)22-17-13-20-10-9-16(17)21-19(24)26-14-15-7-5-4-6-8-15/h4-8,16-17,20H,9-14H2,1-3H3,(H,21,24)(H,22,23)/t16-,17+/m1/s1. The first-order valence-electron chi connectivity index (χ1n) is 9.45. The van der Waals surface area contributed by atoms with Crippen molar-refractivity contribution in [2.45, 2.75) is 50.8 Å². The van der Waals surface area contributed by atoms with Crippen LogP contribution >= 0.6 is 0 Å². The molecule has 1 aliphatic heterocycles. The molecule has 150 valence electrons. The minimum Gasteiger partial charge on any atom is -0.450 e. The molecule has 0 unspecified atom stereocenters. The molecule has 0 radical (unpaired) electrons. The van der Waals surface area contributed by atoms with E-state index in [2.05, 4.69) is 35.6 Å². The molecule has 3 N–H and O–H groups in total. The van der Waals surface area contributed by atoms with Gasteiger partial charge in [-0.3, -0.25) is 0 Å². The Balaban J connectivity index is 1.76. The molecule has 0 bridgehead atoms. The monoisotopic (exact) mass is 393 g/mol. The van der Waals surface area contributed by atoms with Gasteiger partial charge < -0.3 is 25.4 Å². The number of carbonyl (C=O) groups excluding carboxylic acids is 2. The van der Waals surface area contributed by atoms with Crippen LogP contribution in [0, 0.1) is 0 Å². The minimum atomic E-state index is -1.24. The fraction of sp³-hybridized carbons (Fsp3) is 0.579. The van der Waals surface area contributed by atoms with Crippen molar-refractivity contribution in [2.75, 3.05) is 19.7 Å². The molecule has 2 atom stereocenters. The van der Waals surface area contributed by atoms with Crippen LogP contribution in [-0.2, 0) is 16.1 Å². The first-order chi connectivity index (χ1) is 12.8. The van der Waals surface area contributed by atoms with Crippen molar-refractivity contribution in [1.82, 2.24) is 16.0 Å². The molecule has 0 aliphatic carbocycles. The van der Waals surface area contributed by atoms with Gasteiger partial charge in [-0.2, -0.15) is 0 Å². The van der Waals surface area contributed by atoms with Gasteiger partial charge in [0.05, 0.1) is 18.7 Å². The Morgan fingerprint density at radius 1 is 1.07 bits per heavy atom. The number of alkyl carbamates (subject to hydrolysis) is 2. The Bertz CT molecular complexity index is 607. The van der Waals surface area contributed by atoms with E-state index in [9.17, 15) is 9.59 Å². The van der Waals surface area contributed by atoms with Crippen molar-refractivity contribution in [3.63, 3.8) is 0 Å². The number of nitrogens with one attached hydrogen (secondary N) is 3. The SMILES string of the molecule is C[Si](C)(C)CCOC(=O)N[C@H]1CNCC[C@H]1NC(=O)OCc1ccccc1. The van der Waals surface area contributed by atoms with E-state index in [1.807, 2.05) is 30.3 Å². The fourth-order valence-corrected chi connectivity index (χ4v) is 3.46. The Kier molecular flexibility index (Phi) is 8.12. The van der Waals surface area contributed by atoms with Gasteiger partial charge in [0, 0.05) is 14.6 Å². The molecule has 8 heteroatoms. The largest absolute Gasteiger partial charge is 0.450 e. The van der Waals surface area contributed by atoms with Gasteiger partial charge in [-0.25, -0.2) is 9.59 Å². The van der Waals surface area contributed by atoms with Gasteiger partial charge in [0.1, 0.15) is 6.61 Å². The lowest BCUT2D eigenvalue weighted by molar-refractivity contribution is 0.124. The molecule has 1 aliphatic rings. The lowest BCUT2D eigenvalue weighted by Crippen LogP contribution is -2.59. The molecule has 2 rings (SSSR count). The molecule has 1 saturated heterocycles. The predicted molar refractivity (Wildman–Crippen MR) is 107 cm³/mol. The molecule has 0 saturated carbocycles. The Morgan fingerprint density at radius 3 is 2.44 bits per heavy atom. The molecule has 1 aromatic rings. The molecule has 2 amide bonds. The topological polar surface area (TPSA) is 88.7 Å². The second-order valence-corrected chi connectivity index (χ2v) is 13.6. The van der Waals surface area contributed by atoms with Crippen LogP contribution in [0.3, 0.4) is 0 Å². The average molecular weight is 394 g/mol. The van der Waals surface area contributed by atoms with Crippen LogP contribution in [0.1, 0.15) is 12.0 Å². The number of hydrogen-bond acceptors (Lipinski definition) is 5.